The van der Waals surface area contributed by atoms with Crippen LogP contribution in [0, 0.1) is 11.8 Å². The van der Waals surface area contributed by atoms with Gasteiger partial charge in [0.25, 0.3) is 0 Å². The molecule has 3 saturated carbocycles. The van der Waals surface area contributed by atoms with Crippen LogP contribution < -0.4 is 4.74 Å². The monoisotopic (exact) mass is 552 g/mol. The molecular weight excluding hydrogens is 508 g/mol. The van der Waals surface area contributed by atoms with E-state index >= 15 is 0 Å². The summed E-state index contributed by atoms with van der Waals surface area (Å²) in [5, 5.41) is 13.9. The van der Waals surface area contributed by atoms with Gasteiger partial charge in [-0.2, -0.15) is 0 Å². The van der Waals surface area contributed by atoms with Gasteiger partial charge in [0.1, 0.15) is 11.5 Å². The van der Waals surface area contributed by atoms with Crippen molar-refractivity contribution in [1.82, 2.24) is 0 Å². The normalized spacial score (nSPS) is 24.2. The summed E-state index contributed by atoms with van der Waals surface area (Å²) in [6, 6.07) is 16.0. The Kier molecular flexibility index (Phi) is 6.39. The molecule has 4 aliphatic carbocycles. The Morgan fingerprint density at radius 3 is 2.00 bits per heavy atom. The molecule has 0 saturated heterocycles. The first-order valence-corrected chi connectivity index (χ1v) is 17.3. The number of ether oxygens (including phenoxy) is 1. The van der Waals surface area contributed by atoms with Crippen LogP contribution in [0.4, 0.5) is 0 Å². The molecule has 0 amide bonds. The molecule has 8 rings (SSSR count). The van der Waals surface area contributed by atoms with Crippen LogP contribution in [0.1, 0.15) is 120 Å². The van der Waals surface area contributed by atoms with Gasteiger partial charge in [0, 0.05) is 22.6 Å². The predicted molar refractivity (Wildman–Crippen MR) is 167 cm³/mol. The van der Waals surface area contributed by atoms with Gasteiger partial charge in [-0.3, -0.25) is 0 Å². The third-order valence-electron chi connectivity index (χ3n) is 11.5. The average molecular weight is 553 g/mol. The first-order valence-electron chi connectivity index (χ1n) is 16.5. The molecule has 0 unspecified atom stereocenters. The zero-order chi connectivity index (χ0) is 26.7. The second-order valence-electron chi connectivity index (χ2n) is 13.7. The van der Waals surface area contributed by atoms with Gasteiger partial charge in [-0.25, -0.2) is 0 Å². The Hall–Kier alpha value is -2.13. The van der Waals surface area contributed by atoms with E-state index < -0.39 is 0 Å². The van der Waals surface area contributed by atoms with Crippen LogP contribution in [0.3, 0.4) is 0 Å². The van der Waals surface area contributed by atoms with E-state index in [0.717, 1.165) is 11.1 Å². The van der Waals surface area contributed by atoms with Crippen LogP contribution in [0.2, 0.25) is 0 Å². The van der Waals surface area contributed by atoms with E-state index in [4.69, 9.17) is 4.74 Å². The summed E-state index contributed by atoms with van der Waals surface area (Å²) < 4.78 is 7.32. The Bertz CT molecular complexity index is 1400. The number of hydrogen-bond donors (Lipinski definition) is 1. The summed E-state index contributed by atoms with van der Waals surface area (Å²) in [6.45, 7) is 0. The van der Waals surface area contributed by atoms with Gasteiger partial charge in [-0.15, -0.1) is 0 Å². The van der Waals surface area contributed by atoms with Crippen LogP contribution in [-0.2, 0) is 5.41 Å². The second-order valence-corrected chi connectivity index (χ2v) is 14.9. The van der Waals surface area contributed by atoms with Crippen molar-refractivity contribution in [1.29, 1.82) is 0 Å². The highest BCUT2D eigenvalue weighted by molar-refractivity contribution is 8.01. The van der Waals surface area contributed by atoms with Gasteiger partial charge in [-0.1, -0.05) is 107 Å². The molecule has 210 valence electrons. The Morgan fingerprint density at radius 1 is 0.675 bits per heavy atom. The number of phenols is 1. The number of benzene rings is 3. The van der Waals surface area contributed by atoms with E-state index in [2.05, 4.69) is 42.5 Å². The van der Waals surface area contributed by atoms with Crippen molar-refractivity contribution in [3.63, 3.8) is 0 Å². The van der Waals surface area contributed by atoms with Crippen molar-refractivity contribution in [3.8, 4) is 22.6 Å². The van der Waals surface area contributed by atoms with Crippen LogP contribution in [0.15, 0.2) is 47.4 Å². The molecule has 3 heteroatoms. The molecule has 0 bridgehead atoms. The lowest BCUT2D eigenvalue weighted by Gasteiger charge is -2.45. The van der Waals surface area contributed by atoms with E-state index in [-0.39, 0.29) is 10.3 Å². The van der Waals surface area contributed by atoms with E-state index in [1.54, 1.807) is 0 Å². The molecule has 0 radical (unpaired) electrons. The summed E-state index contributed by atoms with van der Waals surface area (Å²) in [5.74, 6) is 2.79. The lowest BCUT2D eigenvalue weighted by Crippen LogP contribution is -2.47. The zero-order valence-corrected chi connectivity index (χ0v) is 24.8. The number of thioether (sulfide) groups is 1. The Balaban J connectivity index is 1.29. The van der Waals surface area contributed by atoms with Crippen LogP contribution in [0.5, 0.6) is 11.5 Å². The lowest BCUT2D eigenvalue weighted by atomic mass is 9.69. The molecule has 0 aromatic heterocycles. The van der Waals surface area contributed by atoms with Gasteiger partial charge < -0.3 is 9.84 Å². The van der Waals surface area contributed by atoms with E-state index in [1.807, 2.05) is 11.8 Å². The molecule has 0 atom stereocenters. The van der Waals surface area contributed by atoms with E-state index in [1.165, 1.54) is 142 Å². The summed E-state index contributed by atoms with van der Waals surface area (Å²) in [5.41, 5.74) is 5.65. The third kappa shape index (κ3) is 3.82. The summed E-state index contributed by atoms with van der Waals surface area (Å²) >= 11 is 2.03. The molecule has 1 spiro atoms. The van der Waals surface area contributed by atoms with Gasteiger partial charge in [0.05, 0.1) is 4.90 Å². The number of hydrogen-bond acceptors (Lipinski definition) is 3. The molecule has 1 aliphatic heterocycles. The molecule has 1 heterocycles. The minimum Gasteiger partial charge on any atom is -0.507 e. The minimum atomic E-state index is -0.127. The van der Waals surface area contributed by atoms with Crippen LogP contribution in [-0.4, -0.2) is 10.0 Å². The van der Waals surface area contributed by atoms with Gasteiger partial charge in [0.2, 0.25) is 0 Å². The highest BCUT2D eigenvalue weighted by atomic mass is 32.2. The average Bonchev–Trinajstić information content (AvgIpc) is 3.50. The number of rotatable bonds is 2. The first kappa shape index (κ1) is 25.6. The molecule has 40 heavy (non-hydrogen) atoms. The van der Waals surface area contributed by atoms with Crippen LogP contribution in [0.25, 0.3) is 21.9 Å². The predicted octanol–water partition coefficient (Wildman–Crippen LogP) is 10.9. The minimum absolute atomic E-state index is 0.0284. The van der Waals surface area contributed by atoms with Crippen molar-refractivity contribution in [2.75, 3.05) is 0 Å². The molecule has 2 nitrogen and oxygen atoms in total. The second kappa shape index (κ2) is 10.0. The van der Waals surface area contributed by atoms with E-state index in [9.17, 15) is 5.11 Å². The van der Waals surface area contributed by atoms with Gasteiger partial charge in [-0.05, 0) is 84.4 Å². The maximum Gasteiger partial charge on any atom is 0.164 e. The maximum atomic E-state index is 11.7. The highest BCUT2D eigenvalue weighted by Gasteiger charge is 2.53. The van der Waals surface area contributed by atoms with Crippen molar-refractivity contribution < 1.29 is 9.84 Å². The fourth-order valence-electron chi connectivity index (χ4n) is 9.59. The number of aromatic hydroxyl groups is 1. The Labute approximate surface area is 244 Å². The fourth-order valence-corrected chi connectivity index (χ4v) is 11.2. The lowest BCUT2D eigenvalue weighted by molar-refractivity contribution is 0.0132. The fraction of sp³-hybridized carbons (Fsp3) is 0.568. The summed E-state index contributed by atoms with van der Waals surface area (Å²) in [6.07, 6.45) is 22.2. The first-order chi connectivity index (χ1) is 19.7. The molecule has 5 aliphatic rings. The molecule has 3 aromatic carbocycles. The van der Waals surface area contributed by atoms with Crippen molar-refractivity contribution in [2.45, 2.75) is 124 Å². The molecule has 1 N–H and O–H groups in total. The maximum absolute atomic E-state index is 11.7. The van der Waals surface area contributed by atoms with Crippen molar-refractivity contribution >= 4 is 22.5 Å². The zero-order valence-electron chi connectivity index (χ0n) is 24.0. The van der Waals surface area contributed by atoms with Gasteiger partial charge >= 0.3 is 0 Å². The molecule has 3 fully saturated rings. The number of phenolic OH excluding ortho intramolecular Hbond substituents is 1. The number of fused-ring (bicyclic) bond motifs is 8. The molecular formula is C37H44O2S. The van der Waals surface area contributed by atoms with Crippen molar-refractivity contribution in [2.24, 2.45) is 11.8 Å². The topological polar surface area (TPSA) is 29.5 Å². The molecule has 3 aromatic rings. The standard InChI is InChI=1S/C37H44O2S/c38-32-24-31-35(27-18-10-11-19-30(27)36(31)20-12-2-1-3-13-21-36)29-22-33-34(23-28(29)32)40-37(39-33,25-14-6-4-7-15-25)26-16-8-5-9-17-26/h10-11,18-19,22-26,38H,1-9,12-17,20-21H2. The summed E-state index contributed by atoms with van der Waals surface area (Å²) in [7, 11) is 0. The third-order valence-corrected chi connectivity index (χ3v) is 13.1. The highest BCUT2D eigenvalue weighted by Crippen LogP contribution is 2.63. The summed E-state index contributed by atoms with van der Waals surface area (Å²) in [4.78, 5) is 1.13. The van der Waals surface area contributed by atoms with Gasteiger partial charge in [0.15, 0.2) is 4.93 Å². The Morgan fingerprint density at radius 2 is 1.30 bits per heavy atom. The largest absolute Gasteiger partial charge is 0.507 e. The van der Waals surface area contributed by atoms with E-state index in [0.29, 0.717) is 17.6 Å². The van der Waals surface area contributed by atoms with Crippen LogP contribution >= 0.6 is 11.8 Å². The van der Waals surface area contributed by atoms with Crippen molar-refractivity contribution in [3.05, 3.63) is 53.6 Å². The SMILES string of the molecule is Oc1cc2c(c3cc4c(cc13)SC(C1CCCCC1)(C1CCCCC1)O4)-c1ccccc1C21CCCCCCC1. The smallest absolute Gasteiger partial charge is 0.164 e. The quantitative estimate of drug-likeness (QED) is 0.343.